The number of hydrogen-bond acceptors (Lipinski definition) is 5. The van der Waals surface area contributed by atoms with Crippen molar-refractivity contribution >= 4 is 5.91 Å². The van der Waals surface area contributed by atoms with Crippen molar-refractivity contribution in [3.63, 3.8) is 0 Å². The largest absolute Gasteiger partial charge is 0.497 e. The maximum absolute atomic E-state index is 12.3. The van der Waals surface area contributed by atoms with Gasteiger partial charge in [0.2, 0.25) is 0 Å². The van der Waals surface area contributed by atoms with Crippen LogP contribution in [0.15, 0.2) is 42.5 Å². The number of ether oxygens (including phenoxy) is 4. The summed E-state index contributed by atoms with van der Waals surface area (Å²) in [5, 5.41) is 2.98. The summed E-state index contributed by atoms with van der Waals surface area (Å²) in [6.45, 7) is 1.93. The smallest absolute Gasteiger partial charge is 0.258 e. The lowest BCUT2D eigenvalue weighted by Crippen LogP contribution is -2.32. The van der Waals surface area contributed by atoms with Crippen molar-refractivity contribution in [3.8, 4) is 23.0 Å². The minimum Gasteiger partial charge on any atom is -0.497 e. The maximum Gasteiger partial charge on any atom is 0.258 e. The van der Waals surface area contributed by atoms with Gasteiger partial charge in [-0.25, -0.2) is 0 Å². The van der Waals surface area contributed by atoms with E-state index in [2.05, 4.69) is 5.32 Å². The van der Waals surface area contributed by atoms with Gasteiger partial charge in [0.1, 0.15) is 11.5 Å². The monoisotopic (exact) mass is 359 g/mol. The number of carbonyl (C=O) groups is 1. The van der Waals surface area contributed by atoms with E-state index in [9.17, 15) is 4.79 Å². The highest BCUT2D eigenvalue weighted by Crippen LogP contribution is 2.30. The van der Waals surface area contributed by atoms with Gasteiger partial charge in [-0.3, -0.25) is 4.79 Å². The van der Waals surface area contributed by atoms with E-state index < -0.39 is 0 Å². The molecule has 0 aliphatic rings. The van der Waals surface area contributed by atoms with Gasteiger partial charge in [0.05, 0.1) is 27.4 Å². The minimum absolute atomic E-state index is 0.0725. The van der Waals surface area contributed by atoms with Crippen LogP contribution in [-0.2, 0) is 4.79 Å². The summed E-state index contributed by atoms with van der Waals surface area (Å²) in [7, 11) is 4.76. The zero-order chi connectivity index (χ0) is 18.9. The van der Waals surface area contributed by atoms with Crippen LogP contribution in [0.2, 0.25) is 0 Å². The molecule has 0 spiro atoms. The number of hydrogen-bond donors (Lipinski definition) is 1. The quantitative estimate of drug-likeness (QED) is 0.744. The Morgan fingerprint density at radius 1 is 0.962 bits per heavy atom. The van der Waals surface area contributed by atoms with Gasteiger partial charge >= 0.3 is 0 Å². The van der Waals surface area contributed by atoms with Crippen LogP contribution < -0.4 is 24.3 Å². The van der Waals surface area contributed by atoms with Crippen molar-refractivity contribution in [1.82, 2.24) is 5.32 Å². The van der Waals surface area contributed by atoms with E-state index in [0.29, 0.717) is 23.0 Å². The summed E-state index contributed by atoms with van der Waals surface area (Å²) in [6.07, 6.45) is 0.736. The van der Waals surface area contributed by atoms with Crippen molar-refractivity contribution in [1.29, 1.82) is 0 Å². The molecule has 1 atom stereocenters. The standard InChI is InChI=1S/C20H25NO5/c1-5-17(14-9-10-18(24-3)19(11-14)25-4)21-20(22)13-26-16-8-6-7-15(12-16)23-2/h6-12,17H,5,13H2,1-4H3,(H,21,22)/t17-/m0/s1. The first kappa shape index (κ1) is 19.4. The Bertz CT molecular complexity index is 732. The van der Waals surface area contributed by atoms with Crippen molar-refractivity contribution in [2.75, 3.05) is 27.9 Å². The van der Waals surface area contributed by atoms with Crippen LogP contribution in [0, 0.1) is 0 Å². The van der Waals surface area contributed by atoms with Gasteiger partial charge in [-0.2, -0.15) is 0 Å². The first-order valence-electron chi connectivity index (χ1n) is 8.39. The normalized spacial score (nSPS) is 11.4. The van der Waals surface area contributed by atoms with E-state index in [1.54, 1.807) is 33.5 Å². The second kappa shape index (κ2) is 9.56. The zero-order valence-electron chi connectivity index (χ0n) is 15.6. The summed E-state index contributed by atoms with van der Waals surface area (Å²) in [6, 6.07) is 12.6. The molecule has 26 heavy (non-hydrogen) atoms. The van der Waals surface area contributed by atoms with Crippen molar-refractivity contribution < 1.29 is 23.7 Å². The number of carbonyl (C=O) groups excluding carboxylic acids is 1. The fraction of sp³-hybridized carbons (Fsp3) is 0.350. The van der Waals surface area contributed by atoms with Crippen LogP contribution in [0.25, 0.3) is 0 Å². The first-order valence-corrected chi connectivity index (χ1v) is 8.39. The van der Waals surface area contributed by atoms with Gasteiger partial charge in [-0.05, 0) is 36.2 Å². The average molecular weight is 359 g/mol. The molecule has 0 saturated heterocycles. The topological polar surface area (TPSA) is 66.0 Å². The van der Waals surface area contributed by atoms with Crippen molar-refractivity contribution in [2.45, 2.75) is 19.4 Å². The van der Waals surface area contributed by atoms with Crippen LogP contribution in [0.1, 0.15) is 24.9 Å². The van der Waals surface area contributed by atoms with Crippen LogP contribution in [0.5, 0.6) is 23.0 Å². The molecule has 0 bridgehead atoms. The SMILES string of the molecule is CC[C@H](NC(=O)COc1cccc(OC)c1)c1ccc(OC)c(OC)c1. The summed E-state index contributed by atoms with van der Waals surface area (Å²) in [5.41, 5.74) is 0.944. The summed E-state index contributed by atoms with van der Waals surface area (Å²) in [5.74, 6) is 2.34. The molecule has 0 heterocycles. The van der Waals surface area contributed by atoms with Crippen LogP contribution in [0.3, 0.4) is 0 Å². The predicted molar refractivity (Wildman–Crippen MR) is 99.2 cm³/mol. The number of methoxy groups -OCH3 is 3. The Hall–Kier alpha value is -2.89. The second-order valence-electron chi connectivity index (χ2n) is 5.61. The lowest BCUT2D eigenvalue weighted by molar-refractivity contribution is -0.123. The number of rotatable bonds is 9. The number of nitrogens with one attached hydrogen (secondary N) is 1. The molecule has 2 aromatic carbocycles. The van der Waals surface area contributed by atoms with Crippen LogP contribution >= 0.6 is 0 Å². The van der Waals surface area contributed by atoms with Gasteiger partial charge in [0, 0.05) is 6.07 Å². The summed E-state index contributed by atoms with van der Waals surface area (Å²) in [4.78, 5) is 12.3. The lowest BCUT2D eigenvalue weighted by Gasteiger charge is -2.19. The van der Waals surface area contributed by atoms with E-state index in [1.165, 1.54) is 0 Å². The Labute approximate surface area is 154 Å². The third-order valence-corrected chi connectivity index (χ3v) is 3.96. The molecule has 6 heteroatoms. The molecule has 2 rings (SSSR count). The van der Waals surface area contributed by atoms with Gasteiger partial charge < -0.3 is 24.3 Å². The molecule has 6 nitrogen and oxygen atoms in total. The predicted octanol–water partition coefficient (Wildman–Crippen LogP) is 3.36. The van der Waals surface area contributed by atoms with E-state index >= 15 is 0 Å². The van der Waals surface area contributed by atoms with E-state index in [0.717, 1.165) is 12.0 Å². The minimum atomic E-state index is -0.200. The molecule has 0 radical (unpaired) electrons. The molecule has 0 aliphatic carbocycles. The fourth-order valence-corrected chi connectivity index (χ4v) is 2.57. The van der Waals surface area contributed by atoms with Crippen molar-refractivity contribution in [3.05, 3.63) is 48.0 Å². The maximum atomic E-state index is 12.3. The Morgan fingerprint density at radius 3 is 2.35 bits per heavy atom. The summed E-state index contributed by atoms with van der Waals surface area (Å²) >= 11 is 0. The number of benzene rings is 2. The lowest BCUT2D eigenvalue weighted by atomic mass is 10.0. The van der Waals surface area contributed by atoms with Crippen molar-refractivity contribution in [2.24, 2.45) is 0 Å². The highest BCUT2D eigenvalue weighted by atomic mass is 16.5. The molecule has 140 valence electrons. The molecule has 0 saturated carbocycles. The highest BCUT2D eigenvalue weighted by molar-refractivity contribution is 5.78. The van der Waals surface area contributed by atoms with E-state index in [1.807, 2.05) is 37.3 Å². The van der Waals surface area contributed by atoms with E-state index in [-0.39, 0.29) is 18.6 Å². The zero-order valence-corrected chi connectivity index (χ0v) is 15.6. The third kappa shape index (κ3) is 5.05. The molecule has 1 amide bonds. The Kier molecular flexibility index (Phi) is 7.14. The molecular weight excluding hydrogens is 334 g/mol. The van der Waals surface area contributed by atoms with E-state index in [4.69, 9.17) is 18.9 Å². The van der Waals surface area contributed by atoms with Gasteiger partial charge in [-0.15, -0.1) is 0 Å². The first-order chi connectivity index (χ1) is 12.6. The number of amides is 1. The molecule has 1 N–H and O–H groups in total. The fourth-order valence-electron chi connectivity index (χ4n) is 2.57. The van der Waals surface area contributed by atoms with Gasteiger partial charge in [0.25, 0.3) is 5.91 Å². The van der Waals surface area contributed by atoms with Crippen LogP contribution in [0.4, 0.5) is 0 Å². The van der Waals surface area contributed by atoms with Gasteiger partial charge in [-0.1, -0.05) is 19.1 Å². The molecule has 0 aromatic heterocycles. The van der Waals surface area contributed by atoms with Crippen LogP contribution in [-0.4, -0.2) is 33.8 Å². The average Bonchev–Trinajstić information content (AvgIpc) is 2.70. The molecular formula is C20H25NO5. The highest BCUT2D eigenvalue weighted by Gasteiger charge is 2.15. The molecule has 0 aliphatic heterocycles. The van der Waals surface area contributed by atoms with Gasteiger partial charge in [0.15, 0.2) is 18.1 Å². The third-order valence-electron chi connectivity index (χ3n) is 3.96. The summed E-state index contributed by atoms with van der Waals surface area (Å²) < 4.78 is 21.3. The second-order valence-corrected chi connectivity index (χ2v) is 5.61. The molecule has 0 fully saturated rings. The Morgan fingerprint density at radius 2 is 1.69 bits per heavy atom. The molecule has 2 aromatic rings. The Balaban J connectivity index is 1.99. The molecule has 0 unspecified atom stereocenters.